The minimum Gasteiger partial charge on any atom is -0.497 e. The van der Waals surface area contributed by atoms with E-state index in [0.717, 1.165) is 5.56 Å². The number of hydrogen-bond donors (Lipinski definition) is 0. The lowest BCUT2D eigenvalue weighted by molar-refractivity contribution is -0.145. The summed E-state index contributed by atoms with van der Waals surface area (Å²) in [5, 5.41) is 0.620. The molecule has 0 heterocycles. The van der Waals surface area contributed by atoms with Crippen LogP contribution in [0.3, 0.4) is 0 Å². The Bertz CT molecular complexity index is 851. The molecule has 0 amide bonds. The van der Waals surface area contributed by atoms with Crippen LogP contribution in [0.1, 0.15) is 26.3 Å². The van der Waals surface area contributed by atoms with Crippen LogP contribution < -0.4 is 4.74 Å². The third-order valence-electron chi connectivity index (χ3n) is 3.08. The summed E-state index contributed by atoms with van der Waals surface area (Å²) in [6.07, 6.45) is 0. The van der Waals surface area contributed by atoms with Crippen molar-refractivity contribution in [3.8, 4) is 17.6 Å². The normalized spacial score (nSPS) is 11.3. The van der Waals surface area contributed by atoms with Gasteiger partial charge in [0.25, 0.3) is 0 Å². The topological polar surface area (TPSA) is 47.9 Å². The van der Waals surface area contributed by atoms with Gasteiger partial charge in [-0.05, 0) is 75.2 Å². The van der Waals surface area contributed by atoms with Crippen molar-refractivity contribution in [3.63, 3.8) is 0 Å². The fourth-order valence-corrected chi connectivity index (χ4v) is 2.03. The maximum absolute atomic E-state index is 12.5. The van der Waals surface area contributed by atoms with E-state index in [-0.39, 0.29) is 5.71 Å². The fraction of sp³-hybridized carbons (Fsp3) is 0.238. The molecule has 0 unspecified atom stereocenters. The molecule has 2 aromatic carbocycles. The molecule has 134 valence electrons. The molecule has 0 aliphatic carbocycles. The van der Waals surface area contributed by atoms with E-state index in [0.29, 0.717) is 16.5 Å². The Kier molecular flexibility index (Phi) is 6.43. The van der Waals surface area contributed by atoms with Crippen LogP contribution in [0, 0.1) is 11.8 Å². The largest absolute Gasteiger partial charge is 0.497 e. The van der Waals surface area contributed by atoms with Crippen molar-refractivity contribution in [3.05, 3.63) is 59.1 Å². The summed E-state index contributed by atoms with van der Waals surface area (Å²) in [5.74, 6) is 5.85. The Morgan fingerprint density at radius 3 is 2.19 bits per heavy atom. The minimum absolute atomic E-state index is 0.0278. The molecule has 2 rings (SSSR count). The van der Waals surface area contributed by atoms with Gasteiger partial charge in [0, 0.05) is 10.6 Å². The highest BCUT2D eigenvalue weighted by molar-refractivity contribution is 6.44. The Balaban J connectivity index is 2.36. The first-order chi connectivity index (χ1) is 12.3. The zero-order valence-corrected chi connectivity index (χ0v) is 15.9. The molecule has 0 N–H and O–H groups in total. The molecule has 0 saturated heterocycles. The number of methoxy groups -OCH3 is 1. The van der Waals surface area contributed by atoms with E-state index in [4.69, 9.17) is 21.1 Å². The lowest BCUT2D eigenvalue weighted by Crippen LogP contribution is -2.28. The van der Waals surface area contributed by atoms with Crippen molar-refractivity contribution in [1.82, 2.24) is 0 Å². The molecular formula is C21H20ClNO3. The van der Waals surface area contributed by atoms with Gasteiger partial charge in [0.05, 0.1) is 12.8 Å². The van der Waals surface area contributed by atoms with E-state index in [1.165, 1.54) is 0 Å². The van der Waals surface area contributed by atoms with E-state index < -0.39 is 11.6 Å². The summed E-state index contributed by atoms with van der Waals surface area (Å²) in [6, 6.07) is 14.0. The van der Waals surface area contributed by atoms with Gasteiger partial charge in [0.1, 0.15) is 11.4 Å². The molecule has 0 bridgehead atoms. The fourth-order valence-electron chi connectivity index (χ4n) is 1.90. The molecule has 0 atom stereocenters. The van der Waals surface area contributed by atoms with Gasteiger partial charge in [-0.2, -0.15) is 0 Å². The van der Waals surface area contributed by atoms with Crippen molar-refractivity contribution in [2.75, 3.05) is 7.11 Å². The zero-order valence-electron chi connectivity index (χ0n) is 15.2. The van der Waals surface area contributed by atoms with Crippen LogP contribution in [0.2, 0.25) is 5.02 Å². The second kappa shape index (κ2) is 8.55. The summed E-state index contributed by atoms with van der Waals surface area (Å²) >= 11 is 5.87. The Morgan fingerprint density at radius 1 is 1.04 bits per heavy atom. The lowest BCUT2D eigenvalue weighted by atomic mass is 10.2. The van der Waals surface area contributed by atoms with Crippen molar-refractivity contribution in [2.45, 2.75) is 26.4 Å². The van der Waals surface area contributed by atoms with Gasteiger partial charge < -0.3 is 9.47 Å². The first kappa shape index (κ1) is 19.6. The summed E-state index contributed by atoms with van der Waals surface area (Å²) in [7, 11) is 1.59. The average Bonchev–Trinajstić information content (AvgIpc) is 2.59. The van der Waals surface area contributed by atoms with E-state index in [1.54, 1.807) is 76.4 Å². The van der Waals surface area contributed by atoms with E-state index in [9.17, 15) is 4.79 Å². The molecule has 0 aliphatic rings. The predicted octanol–water partition coefficient (Wildman–Crippen LogP) is 4.81. The van der Waals surface area contributed by atoms with Gasteiger partial charge in [-0.15, -0.1) is 0 Å². The quantitative estimate of drug-likeness (QED) is 0.443. The van der Waals surface area contributed by atoms with Crippen molar-refractivity contribution in [2.24, 2.45) is 4.99 Å². The molecule has 2 aromatic rings. The molecule has 0 saturated carbocycles. The minimum atomic E-state index is -0.639. The third kappa shape index (κ3) is 6.27. The zero-order chi connectivity index (χ0) is 19.2. The second-order valence-electron chi connectivity index (χ2n) is 6.42. The first-order valence-electron chi connectivity index (χ1n) is 8.00. The number of benzene rings is 2. The number of halogens is 1. The van der Waals surface area contributed by atoms with Crippen molar-refractivity contribution in [1.29, 1.82) is 0 Å². The molecule has 0 fully saturated rings. The molecule has 0 radical (unpaired) electrons. The number of ether oxygens (including phenoxy) is 2. The summed E-state index contributed by atoms with van der Waals surface area (Å²) in [4.78, 5) is 16.8. The van der Waals surface area contributed by atoms with Crippen molar-refractivity contribution < 1.29 is 14.3 Å². The number of hydrogen-bond acceptors (Lipinski definition) is 4. The average molecular weight is 370 g/mol. The SMILES string of the molecule is COc1ccc(N=C(C#Cc2ccc(Cl)cc2)C(=O)OC(C)(C)C)cc1. The van der Waals surface area contributed by atoms with Crippen molar-refractivity contribution >= 4 is 29.0 Å². The number of esters is 1. The van der Waals surface area contributed by atoms with Crippen LogP contribution in [0.4, 0.5) is 5.69 Å². The maximum Gasteiger partial charge on any atom is 0.366 e. The van der Waals surface area contributed by atoms with Crippen LogP contribution in [0.15, 0.2) is 53.5 Å². The van der Waals surface area contributed by atoms with Gasteiger partial charge in [-0.1, -0.05) is 17.5 Å². The highest BCUT2D eigenvalue weighted by Crippen LogP contribution is 2.18. The smallest absolute Gasteiger partial charge is 0.366 e. The molecule has 26 heavy (non-hydrogen) atoms. The van der Waals surface area contributed by atoms with Crippen LogP contribution >= 0.6 is 11.6 Å². The van der Waals surface area contributed by atoms with Crippen LogP contribution in [-0.2, 0) is 9.53 Å². The number of nitrogens with zero attached hydrogens (tertiary/aromatic N) is 1. The monoisotopic (exact) mass is 369 g/mol. The number of carbonyl (C=O) groups excluding carboxylic acids is 1. The van der Waals surface area contributed by atoms with Crippen LogP contribution in [-0.4, -0.2) is 24.4 Å². The molecule has 4 nitrogen and oxygen atoms in total. The van der Waals surface area contributed by atoms with Crippen LogP contribution in [0.25, 0.3) is 0 Å². The Labute approximate surface area is 158 Å². The van der Waals surface area contributed by atoms with Gasteiger partial charge >= 0.3 is 5.97 Å². The second-order valence-corrected chi connectivity index (χ2v) is 6.85. The van der Waals surface area contributed by atoms with Gasteiger partial charge in [0.2, 0.25) is 0 Å². The molecule has 0 spiro atoms. The number of carbonyl (C=O) groups is 1. The van der Waals surface area contributed by atoms with Gasteiger partial charge in [-0.3, -0.25) is 0 Å². The third-order valence-corrected chi connectivity index (χ3v) is 3.33. The summed E-state index contributed by atoms with van der Waals surface area (Å²) in [6.45, 7) is 5.38. The summed E-state index contributed by atoms with van der Waals surface area (Å²) in [5.41, 5.74) is 0.692. The van der Waals surface area contributed by atoms with Gasteiger partial charge in [-0.25, -0.2) is 9.79 Å². The number of aliphatic imine (C=N–C) groups is 1. The van der Waals surface area contributed by atoms with E-state index in [2.05, 4.69) is 16.8 Å². The van der Waals surface area contributed by atoms with E-state index >= 15 is 0 Å². The Hall–Kier alpha value is -2.77. The van der Waals surface area contributed by atoms with Crippen LogP contribution in [0.5, 0.6) is 5.75 Å². The number of rotatable bonds is 3. The molecule has 0 aromatic heterocycles. The highest BCUT2D eigenvalue weighted by atomic mass is 35.5. The Morgan fingerprint density at radius 2 is 1.65 bits per heavy atom. The highest BCUT2D eigenvalue weighted by Gasteiger charge is 2.20. The maximum atomic E-state index is 12.5. The van der Waals surface area contributed by atoms with E-state index in [1.807, 2.05) is 0 Å². The lowest BCUT2D eigenvalue weighted by Gasteiger charge is -2.18. The van der Waals surface area contributed by atoms with Gasteiger partial charge in [0.15, 0.2) is 5.71 Å². The summed E-state index contributed by atoms with van der Waals surface area (Å²) < 4.78 is 10.5. The standard InChI is InChI=1S/C21H20ClNO3/c1-21(2,3)26-20(24)19(14-7-15-5-8-16(22)9-6-15)23-17-10-12-18(25-4)13-11-17/h5-6,8-13H,1-4H3. The predicted molar refractivity (Wildman–Crippen MR) is 104 cm³/mol. The molecule has 0 aliphatic heterocycles. The molecule has 5 heteroatoms. The first-order valence-corrected chi connectivity index (χ1v) is 8.38. The molecular weight excluding hydrogens is 350 g/mol.